The van der Waals surface area contributed by atoms with E-state index >= 15 is 0 Å². The topological polar surface area (TPSA) is 95.1 Å². The number of nitrogen functional groups attached to an aromatic ring is 1. The summed E-state index contributed by atoms with van der Waals surface area (Å²) in [6.45, 7) is 0.394. The molecule has 0 aliphatic rings. The van der Waals surface area contributed by atoms with Crippen molar-refractivity contribution in [2.45, 2.75) is 18.1 Å². The van der Waals surface area contributed by atoms with Crippen LogP contribution < -0.4 is 15.9 Å². The van der Waals surface area contributed by atoms with Gasteiger partial charge in [-0.1, -0.05) is 72.4 Å². The minimum absolute atomic E-state index is 0.116. The fourth-order valence-corrected chi connectivity index (χ4v) is 4.07. The van der Waals surface area contributed by atoms with Gasteiger partial charge in [-0.2, -0.15) is 0 Å². The van der Waals surface area contributed by atoms with E-state index in [1.54, 1.807) is 7.11 Å². The van der Waals surface area contributed by atoms with E-state index in [0.717, 1.165) is 22.3 Å². The monoisotopic (exact) mass is 433 g/mol. The predicted molar refractivity (Wildman–Crippen MR) is 122 cm³/mol. The van der Waals surface area contributed by atoms with Gasteiger partial charge in [0.1, 0.15) is 5.75 Å². The molecule has 1 aromatic heterocycles. The van der Waals surface area contributed by atoms with E-state index in [-0.39, 0.29) is 11.7 Å². The predicted octanol–water partition coefficient (Wildman–Crippen LogP) is 3.15. The van der Waals surface area contributed by atoms with Crippen LogP contribution in [0.2, 0.25) is 0 Å². The summed E-state index contributed by atoms with van der Waals surface area (Å²) in [4.78, 5) is 12.3. The number of nitrogens with zero attached hydrogens (tertiary/aromatic N) is 3. The smallest absolute Gasteiger partial charge is 0.230 e. The first-order valence-electron chi connectivity index (χ1n) is 9.83. The number of benzene rings is 3. The molecule has 4 aromatic rings. The number of thioether (sulfide) groups is 1. The highest BCUT2D eigenvalue weighted by molar-refractivity contribution is 7.99. The summed E-state index contributed by atoms with van der Waals surface area (Å²) in [5.74, 6) is 7.68. The van der Waals surface area contributed by atoms with Gasteiger partial charge in [0.15, 0.2) is 5.82 Å². The lowest BCUT2D eigenvalue weighted by Gasteiger charge is -2.09. The lowest BCUT2D eigenvalue weighted by molar-refractivity contribution is -0.118. The Bertz CT molecular complexity index is 1200. The normalized spacial score (nSPS) is 10.9. The summed E-state index contributed by atoms with van der Waals surface area (Å²) < 4.78 is 6.76. The quantitative estimate of drug-likeness (QED) is 0.327. The van der Waals surface area contributed by atoms with Crippen molar-refractivity contribution >= 4 is 28.4 Å². The Balaban J connectivity index is 1.37. The molecule has 1 amide bonds. The molecule has 1 heterocycles. The van der Waals surface area contributed by atoms with Gasteiger partial charge in [0, 0.05) is 18.5 Å². The number of amides is 1. The lowest BCUT2D eigenvalue weighted by atomic mass is 10.0. The molecule has 0 aliphatic heterocycles. The molecule has 0 radical (unpaired) electrons. The molecule has 0 saturated carbocycles. The number of ether oxygens (including phenoxy) is 1. The molecule has 0 fully saturated rings. The molecular weight excluding hydrogens is 410 g/mol. The number of fused-ring (bicyclic) bond motifs is 1. The van der Waals surface area contributed by atoms with Gasteiger partial charge < -0.3 is 15.9 Å². The third-order valence-corrected chi connectivity index (χ3v) is 5.91. The average molecular weight is 434 g/mol. The minimum Gasteiger partial charge on any atom is -0.496 e. The van der Waals surface area contributed by atoms with Crippen molar-refractivity contribution in [1.29, 1.82) is 0 Å². The molecule has 0 aliphatic carbocycles. The Morgan fingerprint density at radius 2 is 1.77 bits per heavy atom. The zero-order valence-corrected chi connectivity index (χ0v) is 17.9. The van der Waals surface area contributed by atoms with Gasteiger partial charge in [0.2, 0.25) is 11.1 Å². The molecule has 0 saturated heterocycles. The molecule has 0 atom stereocenters. The Kier molecular flexibility index (Phi) is 6.37. The first-order chi connectivity index (χ1) is 15.2. The maximum absolute atomic E-state index is 12.3. The molecule has 7 nitrogen and oxygen atoms in total. The minimum atomic E-state index is -0.116. The zero-order chi connectivity index (χ0) is 21.6. The number of rotatable bonds is 8. The maximum Gasteiger partial charge on any atom is 0.230 e. The SMILES string of the molecule is COc1ccccc1CNC(=O)CSc1nnc(Cc2cccc3ccccc23)n1N. The number of aromatic nitrogens is 3. The van der Waals surface area contributed by atoms with Crippen LogP contribution in [0.4, 0.5) is 0 Å². The van der Waals surface area contributed by atoms with E-state index < -0.39 is 0 Å². The van der Waals surface area contributed by atoms with E-state index in [4.69, 9.17) is 10.6 Å². The van der Waals surface area contributed by atoms with E-state index in [0.29, 0.717) is 23.9 Å². The van der Waals surface area contributed by atoms with Crippen molar-refractivity contribution < 1.29 is 9.53 Å². The summed E-state index contributed by atoms with van der Waals surface area (Å²) in [6, 6.07) is 22.0. The highest BCUT2D eigenvalue weighted by atomic mass is 32.2. The van der Waals surface area contributed by atoms with Crippen molar-refractivity contribution in [3.63, 3.8) is 0 Å². The van der Waals surface area contributed by atoms with E-state index in [2.05, 4.69) is 39.8 Å². The standard InChI is InChI=1S/C23H23N5O2S/c1-30-20-12-5-3-8-18(20)14-25-22(29)15-31-23-27-26-21(28(23)24)13-17-10-6-9-16-7-2-4-11-19(16)17/h2-12H,13-15,24H2,1H3,(H,25,29). The third-order valence-electron chi connectivity index (χ3n) is 4.96. The Morgan fingerprint density at radius 1 is 1.03 bits per heavy atom. The number of hydrogen-bond acceptors (Lipinski definition) is 6. The second-order valence-electron chi connectivity index (χ2n) is 6.96. The Morgan fingerprint density at radius 3 is 2.65 bits per heavy atom. The highest BCUT2D eigenvalue weighted by Crippen LogP contribution is 2.22. The summed E-state index contributed by atoms with van der Waals surface area (Å²) >= 11 is 1.26. The molecule has 0 unspecified atom stereocenters. The van der Waals surface area contributed by atoms with Crippen molar-refractivity contribution in [2.75, 3.05) is 18.7 Å². The molecule has 4 rings (SSSR count). The van der Waals surface area contributed by atoms with E-state index in [9.17, 15) is 4.79 Å². The summed E-state index contributed by atoms with van der Waals surface area (Å²) in [5.41, 5.74) is 2.05. The van der Waals surface area contributed by atoms with Crippen molar-refractivity contribution in [2.24, 2.45) is 0 Å². The number of carbonyl (C=O) groups is 1. The molecule has 8 heteroatoms. The van der Waals surface area contributed by atoms with Gasteiger partial charge in [-0.3, -0.25) is 4.79 Å². The number of carbonyl (C=O) groups excluding carboxylic acids is 1. The molecular formula is C23H23N5O2S. The van der Waals surface area contributed by atoms with Gasteiger partial charge >= 0.3 is 0 Å². The Labute approximate surface area is 184 Å². The Hall–Kier alpha value is -3.52. The molecule has 158 valence electrons. The van der Waals surface area contributed by atoms with Crippen LogP contribution in [0.15, 0.2) is 71.9 Å². The van der Waals surface area contributed by atoms with Crippen LogP contribution in [-0.2, 0) is 17.8 Å². The van der Waals surface area contributed by atoms with Crippen molar-refractivity contribution in [3.05, 3.63) is 83.7 Å². The van der Waals surface area contributed by atoms with Crippen LogP contribution in [-0.4, -0.2) is 33.6 Å². The van der Waals surface area contributed by atoms with Gasteiger partial charge in [-0.15, -0.1) is 10.2 Å². The fraction of sp³-hybridized carbons (Fsp3) is 0.174. The summed E-state index contributed by atoms with van der Waals surface area (Å²) in [6.07, 6.45) is 0.561. The number of nitrogens with one attached hydrogen (secondary N) is 1. The number of hydrogen-bond donors (Lipinski definition) is 2. The second-order valence-corrected chi connectivity index (χ2v) is 7.90. The first-order valence-corrected chi connectivity index (χ1v) is 10.8. The van der Waals surface area contributed by atoms with E-state index in [1.807, 2.05) is 42.5 Å². The molecule has 0 spiro atoms. The zero-order valence-electron chi connectivity index (χ0n) is 17.1. The third kappa shape index (κ3) is 4.80. The van der Waals surface area contributed by atoms with Gasteiger partial charge in [0.25, 0.3) is 0 Å². The van der Waals surface area contributed by atoms with Crippen LogP contribution >= 0.6 is 11.8 Å². The fourth-order valence-electron chi connectivity index (χ4n) is 3.37. The molecule has 3 N–H and O–H groups in total. The van der Waals surface area contributed by atoms with Gasteiger partial charge in [-0.25, -0.2) is 4.68 Å². The summed E-state index contributed by atoms with van der Waals surface area (Å²) in [5, 5.41) is 14.1. The maximum atomic E-state index is 12.3. The highest BCUT2D eigenvalue weighted by Gasteiger charge is 2.14. The van der Waals surface area contributed by atoms with E-state index in [1.165, 1.54) is 21.8 Å². The first kappa shape index (κ1) is 20.7. The average Bonchev–Trinajstić information content (AvgIpc) is 3.15. The van der Waals surface area contributed by atoms with Crippen LogP contribution in [0, 0.1) is 0 Å². The van der Waals surface area contributed by atoms with Crippen LogP contribution in [0.1, 0.15) is 17.0 Å². The van der Waals surface area contributed by atoms with Crippen LogP contribution in [0.3, 0.4) is 0 Å². The number of methoxy groups -OCH3 is 1. The van der Waals surface area contributed by atoms with Gasteiger partial charge in [-0.05, 0) is 22.4 Å². The van der Waals surface area contributed by atoms with Crippen LogP contribution in [0.25, 0.3) is 10.8 Å². The van der Waals surface area contributed by atoms with Gasteiger partial charge in [0.05, 0.1) is 12.9 Å². The molecule has 0 bridgehead atoms. The molecule has 31 heavy (non-hydrogen) atoms. The second kappa shape index (κ2) is 9.53. The molecule has 3 aromatic carbocycles. The summed E-state index contributed by atoms with van der Waals surface area (Å²) in [7, 11) is 1.61. The number of nitrogens with two attached hydrogens (primary N) is 1. The van der Waals surface area contributed by atoms with Crippen LogP contribution in [0.5, 0.6) is 5.75 Å². The number of para-hydroxylation sites is 1. The van der Waals surface area contributed by atoms with Crippen molar-refractivity contribution in [3.8, 4) is 5.75 Å². The largest absolute Gasteiger partial charge is 0.496 e. The lowest BCUT2D eigenvalue weighted by Crippen LogP contribution is -2.25. The van der Waals surface area contributed by atoms with Crippen molar-refractivity contribution in [1.82, 2.24) is 20.2 Å².